The maximum absolute atomic E-state index is 8.77. The second-order valence-corrected chi connectivity index (χ2v) is 2.95. The number of aromatic nitrogens is 2. The first-order chi connectivity index (χ1) is 5.83. The molecule has 0 spiro atoms. The highest BCUT2D eigenvalue weighted by Gasteiger charge is 2.22. The number of nitrogens with zero attached hydrogens (tertiary/aromatic N) is 4. The quantitative estimate of drug-likeness (QED) is 0.528. The Hall–Kier alpha value is -1.50. The molecule has 0 radical (unpaired) electrons. The van der Waals surface area contributed by atoms with Crippen LogP contribution in [-0.4, -0.2) is 21.2 Å². The van der Waals surface area contributed by atoms with Crippen molar-refractivity contribution in [1.82, 2.24) is 14.7 Å². The van der Waals surface area contributed by atoms with Gasteiger partial charge < -0.3 is 4.90 Å². The summed E-state index contributed by atoms with van der Waals surface area (Å²) in [5.74, 6) is 0. The van der Waals surface area contributed by atoms with Crippen LogP contribution in [0.25, 0.3) is 0 Å². The number of rotatable bonds is 0. The van der Waals surface area contributed by atoms with Crippen LogP contribution in [0.4, 0.5) is 0 Å². The van der Waals surface area contributed by atoms with E-state index in [1.165, 1.54) is 0 Å². The molecule has 4 heteroatoms. The third kappa shape index (κ3) is 0.866. The van der Waals surface area contributed by atoms with Crippen molar-refractivity contribution in [2.75, 3.05) is 6.54 Å². The van der Waals surface area contributed by atoms with E-state index in [0.717, 1.165) is 18.8 Å². The molecule has 0 bridgehead atoms. The Balaban J connectivity index is 2.36. The monoisotopic (exact) mass is 162 g/mol. The number of hydrogen-bond acceptors (Lipinski definition) is 3. The minimum atomic E-state index is 0.172. The molecule has 62 valence electrons. The van der Waals surface area contributed by atoms with Crippen LogP contribution >= 0.6 is 0 Å². The zero-order valence-corrected chi connectivity index (χ0v) is 6.94. The summed E-state index contributed by atoms with van der Waals surface area (Å²) in [5, 5.41) is 12.9. The molecule has 2 rings (SSSR count). The van der Waals surface area contributed by atoms with Gasteiger partial charge in [0.1, 0.15) is 0 Å². The van der Waals surface area contributed by atoms with Crippen molar-refractivity contribution in [1.29, 1.82) is 5.26 Å². The highest BCUT2D eigenvalue weighted by atomic mass is 15.3. The molecule has 0 N–H and O–H groups in total. The minimum absolute atomic E-state index is 0.172. The lowest BCUT2D eigenvalue weighted by molar-refractivity contribution is 0.243. The smallest absolute Gasteiger partial charge is 0.180 e. The molecule has 4 nitrogen and oxygen atoms in total. The summed E-state index contributed by atoms with van der Waals surface area (Å²) in [6, 6.07) is 2.14. The normalized spacial score (nSPS) is 21.7. The van der Waals surface area contributed by atoms with E-state index < -0.39 is 0 Å². The molecule has 1 aromatic heterocycles. The third-order valence-electron chi connectivity index (χ3n) is 2.33. The lowest BCUT2D eigenvalue weighted by atomic mass is 10.2. The van der Waals surface area contributed by atoms with Gasteiger partial charge in [0, 0.05) is 12.7 Å². The van der Waals surface area contributed by atoms with Crippen molar-refractivity contribution in [3.8, 4) is 6.19 Å². The Morgan fingerprint density at radius 2 is 2.50 bits per heavy atom. The predicted octanol–water partition coefficient (Wildman–Crippen LogP) is 0.741. The fraction of sp³-hybridized carbons (Fsp3) is 0.500. The van der Waals surface area contributed by atoms with Gasteiger partial charge in [-0.05, 0) is 13.0 Å². The molecule has 1 atom stereocenters. The molecule has 1 aliphatic heterocycles. The lowest BCUT2D eigenvalue weighted by Gasteiger charge is -2.29. The molecular weight excluding hydrogens is 152 g/mol. The zero-order valence-electron chi connectivity index (χ0n) is 6.94. The van der Waals surface area contributed by atoms with Gasteiger partial charge in [-0.3, -0.25) is 4.68 Å². The van der Waals surface area contributed by atoms with Crippen molar-refractivity contribution in [3.63, 3.8) is 0 Å². The first kappa shape index (κ1) is 7.17. The van der Waals surface area contributed by atoms with E-state index in [1.54, 1.807) is 11.1 Å². The average Bonchev–Trinajstić information content (AvgIpc) is 2.53. The summed E-state index contributed by atoms with van der Waals surface area (Å²) >= 11 is 0. The average molecular weight is 162 g/mol. The van der Waals surface area contributed by atoms with Gasteiger partial charge in [0.2, 0.25) is 0 Å². The van der Waals surface area contributed by atoms with Crippen LogP contribution in [0.3, 0.4) is 0 Å². The summed E-state index contributed by atoms with van der Waals surface area (Å²) in [6.45, 7) is 3.61. The van der Waals surface area contributed by atoms with E-state index in [0.29, 0.717) is 0 Å². The Morgan fingerprint density at radius 1 is 1.67 bits per heavy atom. The van der Waals surface area contributed by atoms with Gasteiger partial charge in [0.25, 0.3) is 0 Å². The predicted molar refractivity (Wildman–Crippen MR) is 43.0 cm³/mol. The molecular formula is C8H10N4. The molecule has 0 saturated heterocycles. The molecule has 0 aliphatic carbocycles. The molecule has 1 unspecified atom stereocenters. The van der Waals surface area contributed by atoms with Gasteiger partial charge in [0.05, 0.1) is 18.3 Å². The lowest BCUT2D eigenvalue weighted by Crippen LogP contribution is -2.33. The SMILES string of the molecule is CC1c2ccnn2CCN1C#N. The second-order valence-electron chi connectivity index (χ2n) is 2.95. The van der Waals surface area contributed by atoms with Gasteiger partial charge in [0.15, 0.2) is 6.19 Å². The standard InChI is InChI=1S/C8H10N4/c1-7-8-2-3-10-12(8)5-4-11(7)6-9/h2-3,7H,4-5H2,1H3. The largest absolute Gasteiger partial charge is 0.300 e. The van der Waals surface area contributed by atoms with Crippen molar-refractivity contribution in [2.24, 2.45) is 0 Å². The Labute approximate surface area is 71.0 Å². The van der Waals surface area contributed by atoms with Crippen LogP contribution in [0, 0.1) is 11.5 Å². The van der Waals surface area contributed by atoms with Crippen LogP contribution in [-0.2, 0) is 6.54 Å². The first-order valence-corrected chi connectivity index (χ1v) is 4.01. The summed E-state index contributed by atoms with van der Waals surface area (Å²) in [5.41, 5.74) is 1.13. The summed E-state index contributed by atoms with van der Waals surface area (Å²) in [4.78, 5) is 1.77. The topological polar surface area (TPSA) is 44.9 Å². The van der Waals surface area contributed by atoms with Crippen LogP contribution in [0.1, 0.15) is 18.7 Å². The van der Waals surface area contributed by atoms with Crippen LogP contribution in [0.15, 0.2) is 12.3 Å². The van der Waals surface area contributed by atoms with Gasteiger partial charge in [-0.1, -0.05) is 0 Å². The molecule has 0 fully saturated rings. The Kier molecular flexibility index (Phi) is 1.51. The Bertz CT molecular complexity index is 322. The van der Waals surface area contributed by atoms with Crippen LogP contribution in [0.2, 0.25) is 0 Å². The summed E-state index contributed by atoms with van der Waals surface area (Å²) < 4.78 is 1.96. The van der Waals surface area contributed by atoms with E-state index in [2.05, 4.69) is 11.3 Å². The molecule has 0 aromatic carbocycles. The van der Waals surface area contributed by atoms with Gasteiger partial charge in [-0.15, -0.1) is 0 Å². The summed E-state index contributed by atoms with van der Waals surface area (Å²) in [6.07, 6.45) is 3.96. The number of nitriles is 1. The maximum Gasteiger partial charge on any atom is 0.180 e. The molecule has 12 heavy (non-hydrogen) atoms. The van der Waals surface area contributed by atoms with E-state index in [4.69, 9.17) is 5.26 Å². The van der Waals surface area contributed by atoms with E-state index in [9.17, 15) is 0 Å². The van der Waals surface area contributed by atoms with Crippen molar-refractivity contribution in [3.05, 3.63) is 18.0 Å². The van der Waals surface area contributed by atoms with Crippen molar-refractivity contribution >= 4 is 0 Å². The van der Waals surface area contributed by atoms with Crippen LogP contribution < -0.4 is 0 Å². The zero-order chi connectivity index (χ0) is 8.55. The Morgan fingerprint density at radius 3 is 3.25 bits per heavy atom. The highest BCUT2D eigenvalue weighted by molar-refractivity contribution is 5.10. The van der Waals surface area contributed by atoms with Gasteiger partial charge >= 0.3 is 0 Å². The highest BCUT2D eigenvalue weighted by Crippen LogP contribution is 2.22. The van der Waals surface area contributed by atoms with E-state index >= 15 is 0 Å². The first-order valence-electron chi connectivity index (χ1n) is 4.01. The third-order valence-corrected chi connectivity index (χ3v) is 2.33. The molecule has 1 aromatic rings. The van der Waals surface area contributed by atoms with Crippen molar-refractivity contribution < 1.29 is 0 Å². The minimum Gasteiger partial charge on any atom is -0.300 e. The van der Waals surface area contributed by atoms with Crippen LogP contribution in [0.5, 0.6) is 0 Å². The summed E-state index contributed by atoms with van der Waals surface area (Å²) in [7, 11) is 0. The van der Waals surface area contributed by atoms with E-state index in [-0.39, 0.29) is 6.04 Å². The van der Waals surface area contributed by atoms with E-state index in [1.807, 2.05) is 17.7 Å². The number of hydrogen-bond donors (Lipinski definition) is 0. The molecule has 2 heterocycles. The van der Waals surface area contributed by atoms with Crippen molar-refractivity contribution in [2.45, 2.75) is 19.5 Å². The fourth-order valence-corrected chi connectivity index (χ4v) is 1.58. The number of fused-ring (bicyclic) bond motifs is 1. The van der Waals surface area contributed by atoms with Gasteiger partial charge in [-0.2, -0.15) is 10.4 Å². The molecule has 0 saturated carbocycles. The molecule has 1 aliphatic rings. The fourth-order valence-electron chi connectivity index (χ4n) is 1.58. The van der Waals surface area contributed by atoms with Gasteiger partial charge in [-0.25, -0.2) is 0 Å². The second kappa shape index (κ2) is 2.52. The maximum atomic E-state index is 8.77. The molecule has 0 amide bonds.